The predicted molar refractivity (Wildman–Crippen MR) is 97.7 cm³/mol. The van der Waals surface area contributed by atoms with E-state index in [9.17, 15) is 8.42 Å². The van der Waals surface area contributed by atoms with Crippen molar-refractivity contribution in [1.29, 1.82) is 0 Å². The largest absolute Gasteiger partial charge is 0.496 e. The van der Waals surface area contributed by atoms with Crippen molar-refractivity contribution in [2.75, 3.05) is 13.4 Å². The van der Waals surface area contributed by atoms with E-state index in [0.29, 0.717) is 17.9 Å². The Morgan fingerprint density at radius 3 is 2.46 bits per heavy atom. The number of rotatable bonds is 4. The molecule has 0 saturated heterocycles. The van der Waals surface area contributed by atoms with E-state index in [1.54, 1.807) is 7.11 Å². The Kier molecular flexibility index (Phi) is 4.64. The summed E-state index contributed by atoms with van der Waals surface area (Å²) in [5.74, 6) is 0.682. The van der Waals surface area contributed by atoms with Crippen LogP contribution in [-0.2, 0) is 10.0 Å². The quantitative estimate of drug-likeness (QED) is 0.776. The van der Waals surface area contributed by atoms with E-state index < -0.39 is 10.0 Å². The van der Waals surface area contributed by atoms with E-state index in [1.807, 2.05) is 48.5 Å². The maximum atomic E-state index is 12.2. The van der Waals surface area contributed by atoms with Gasteiger partial charge in [0.15, 0.2) is 0 Å². The van der Waals surface area contributed by atoms with Crippen LogP contribution < -0.4 is 4.74 Å². The molecule has 1 heterocycles. The van der Waals surface area contributed by atoms with Gasteiger partial charge < -0.3 is 4.74 Å². The van der Waals surface area contributed by atoms with Crippen molar-refractivity contribution in [2.24, 2.45) is 5.10 Å². The fourth-order valence-corrected chi connectivity index (χ4v) is 3.94. The minimum Gasteiger partial charge on any atom is -0.496 e. The normalized spacial score (nSPS) is 17.7. The number of nitrogens with zero attached hydrogens (tertiary/aromatic N) is 2. The van der Waals surface area contributed by atoms with Gasteiger partial charge in [-0.1, -0.05) is 40.2 Å². The molecule has 126 valence electrons. The van der Waals surface area contributed by atoms with Gasteiger partial charge in [0.05, 0.1) is 25.1 Å². The second kappa shape index (κ2) is 6.57. The predicted octanol–water partition coefficient (Wildman–Crippen LogP) is 3.57. The first-order valence-corrected chi connectivity index (χ1v) is 10.00. The van der Waals surface area contributed by atoms with Gasteiger partial charge >= 0.3 is 0 Å². The van der Waals surface area contributed by atoms with Crippen LogP contribution in [0.2, 0.25) is 0 Å². The van der Waals surface area contributed by atoms with Crippen LogP contribution in [0, 0.1) is 0 Å². The highest BCUT2D eigenvalue weighted by molar-refractivity contribution is 9.10. The van der Waals surface area contributed by atoms with Gasteiger partial charge in [-0.25, -0.2) is 8.42 Å². The second-order valence-corrected chi connectivity index (χ2v) is 8.31. The van der Waals surface area contributed by atoms with Crippen LogP contribution in [0.3, 0.4) is 0 Å². The van der Waals surface area contributed by atoms with Crippen molar-refractivity contribution in [3.63, 3.8) is 0 Å². The number of hydrogen-bond donors (Lipinski definition) is 0. The molecule has 0 bridgehead atoms. The summed E-state index contributed by atoms with van der Waals surface area (Å²) in [6.07, 6.45) is 1.67. The molecule has 0 spiro atoms. The lowest BCUT2D eigenvalue weighted by Gasteiger charge is -2.21. The smallest absolute Gasteiger partial charge is 0.247 e. The third-order valence-electron chi connectivity index (χ3n) is 3.89. The lowest BCUT2D eigenvalue weighted by molar-refractivity contribution is 0.375. The molecule has 0 saturated carbocycles. The SMILES string of the molecule is COc1ccccc1C1=NN(S(C)(=O)=O)[C@@H](c2ccc(Br)cc2)C1. The molecule has 0 radical (unpaired) electrons. The molecule has 24 heavy (non-hydrogen) atoms. The zero-order chi connectivity index (χ0) is 17.3. The lowest BCUT2D eigenvalue weighted by Crippen LogP contribution is -2.25. The number of benzene rings is 2. The molecule has 1 aliphatic heterocycles. The molecule has 1 aliphatic rings. The summed E-state index contributed by atoms with van der Waals surface area (Å²) < 4.78 is 31.9. The van der Waals surface area contributed by atoms with E-state index >= 15 is 0 Å². The van der Waals surface area contributed by atoms with Crippen LogP contribution in [0.4, 0.5) is 0 Å². The minimum absolute atomic E-state index is 0.354. The summed E-state index contributed by atoms with van der Waals surface area (Å²) in [7, 11) is -1.89. The molecule has 0 N–H and O–H groups in total. The van der Waals surface area contributed by atoms with Gasteiger partial charge in [0, 0.05) is 16.5 Å². The number of para-hydroxylation sites is 1. The Morgan fingerprint density at radius 1 is 1.17 bits per heavy atom. The molecule has 3 rings (SSSR count). The maximum absolute atomic E-state index is 12.2. The molecule has 0 amide bonds. The highest BCUT2D eigenvalue weighted by Gasteiger charge is 2.35. The number of methoxy groups -OCH3 is 1. The highest BCUT2D eigenvalue weighted by atomic mass is 79.9. The molecular weight excluding hydrogens is 392 g/mol. The lowest BCUT2D eigenvalue weighted by atomic mass is 9.99. The number of halogens is 1. The van der Waals surface area contributed by atoms with Gasteiger partial charge in [-0.15, -0.1) is 0 Å². The van der Waals surface area contributed by atoms with Crippen LogP contribution in [-0.4, -0.2) is 31.9 Å². The van der Waals surface area contributed by atoms with Crippen molar-refractivity contribution >= 4 is 31.7 Å². The zero-order valence-corrected chi connectivity index (χ0v) is 15.7. The fraction of sp³-hybridized carbons (Fsp3) is 0.235. The molecule has 2 aromatic rings. The van der Waals surface area contributed by atoms with Gasteiger partial charge in [-0.2, -0.15) is 9.52 Å². The summed E-state index contributed by atoms with van der Waals surface area (Å²) in [5.41, 5.74) is 2.41. The van der Waals surface area contributed by atoms with E-state index in [2.05, 4.69) is 21.0 Å². The first-order valence-electron chi connectivity index (χ1n) is 7.36. The summed E-state index contributed by atoms with van der Waals surface area (Å²) in [5, 5.41) is 4.39. The van der Waals surface area contributed by atoms with Crippen LogP contribution in [0.1, 0.15) is 23.6 Å². The first-order chi connectivity index (χ1) is 11.4. The molecule has 0 aliphatic carbocycles. The van der Waals surface area contributed by atoms with Gasteiger partial charge in [-0.3, -0.25) is 0 Å². The summed E-state index contributed by atoms with van der Waals surface area (Å²) in [6.45, 7) is 0. The van der Waals surface area contributed by atoms with Gasteiger partial charge in [0.1, 0.15) is 5.75 Å². The average molecular weight is 409 g/mol. The van der Waals surface area contributed by atoms with E-state index in [-0.39, 0.29) is 6.04 Å². The van der Waals surface area contributed by atoms with Gasteiger partial charge in [0.25, 0.3) is 0 Å². The number of ether oxygens (including phenoxy) is 1. The molecule has 7 heteroatoms. The topological polar surface area (TPSA) is 59.0 Å². The third kappa shape index (κ3) is 3.32. The summed E-state index contributed by atoms with van der Waals surface area (Å²) in [6, 6.07) is 14.8. The van der Waals surface area contributed by atoms with Crippen LogP contribution in [0.25, 0.3) is 0 Å². The fourth-order valence-electron chi connectivity index (χ4n) is 2.77. The number of hydrazone groups is 1. The Balaban J connectivity index is 2.03. The minimum atomic E-state index is -3.48. The summed E-state index contributed by atoms with van der Waals surface area (Å²) in [4.78, 5) is 0. The Labute approximate surface area is 150 Å². The van der Waals surface area contributed by atoms with E-state index in [0.717, 1.165) is 15.6 Å². The maximum Gasteiger partial charge on any atom is 0.247 e. The van der Waals surface area contributed by atoms with Crippen molar-refractivity contribution in [3.05, 3.63) is 64.1 Å². The van der Waals surface area contributed by atoms with Crippen molar-refractivity contribution < 1.29 is 13.2 Å². The van der Waals surface area contributed by atoms with Crippen molar-refractivity contribution in [1.82, 2.24) is 4.41 Å². The molecule has 0 fully saturated rings. The van der Waals surface area contributed by atoms with Crippen molar-refractivity contribution in [3.8, 4) is 5.75 Å². The number of sulfonamides is 1. The Morgan fingerprint density at radius 2 is 1.83 bits per heavy atom. The molecule has 1 atom stereocenters. The van der Waals surface area contributed by atoms with Gasteiger partial charge in [0.2, 0.25) is 10.0 Å². The van der Waals surface area contributed by atoms with Crippen LogP contribution in [0.15, 0.2) is 58.1 Å². The first kappa shape index (κ1) is 17.0. The molecular formula is C17H17BrN2O3S. The molecule has 5 nitrogen and oxygen atoms in total. The molecule has 2 aromatic carbocycles. The monoisotopic (exact) mass is 408 g/mol. The zero-order valence-electron chi connectivity index (χ0n) is 13.3. The Bertz CT molecular complexity index is 879. The van der Waals surface area contributed by atoms with Crippen molar-refractivity contribution in [2.45, 2.75) is 12.5 Å². The Hall–Kier alpha value is -1.86. The standard InChI is InChI=1S/C17H17BrN2O3S/c1-23-17-6-4-3-5-14(17)15-11-16(20(19-15)24(2,21)22)12-7-9-13(18)10-8-12/h3-10,16H,11H2,1-2H3/t16-/m1/s1. The number of hydrogen-bond acceptors (Lipinski definition) is 4. The average Bonchev–Trinajstić information content (AvgIpc) is 3.01. The van der Waals surface area contributed by atoms with Crippen LogP contribution in [0.5, 0.6) is 5.75 Å². The van der Waals surface area contributed by atoms with E-state index in [4.69, 9.17) is 4.74 Å². The van der Waals surface area contributed by atoms with Gasteiger partial charge in [-0.05, 0) is 29.8 Å². The molecule has 0 aromatic heterocycles. The summed E-state index contributed by atoms with van der Waals surface area (Å²) >= 11 is 3.40. The van der Waals surface area contributed by atoms with Crippen LogP contribution >= 0.6 is 15.9 Å². The van der Waals surface area contributed by atoms with E-state index in [1.165, 1.54) is 10.7 Å². The third-order valence-corrected chi connectivity index (χ3v) is 5.43. The molecule has 0 unspecified atom stereocenters. The highest BCUT2D eigenvalue weighted by Crippen LogP contribution is 2.36. The second-order valence-electron chi connectivity index (χ2n) is 5.55.